The van der Waals surface area contributed by atoms with E-state index in [9.17, 15) is 4.79 Å². The molecule has 0 aliphatic heterocycles. The van der Waals surface area contributed by atoms with Gasteiger partial charge in [-0.1, -0.05) is 35.0 Å². The lowest BCUT2D eigenvalue weighted by atomic mass is 9.91. The molecule has 0 saturated carbocycles. The number of hydrogen-bond donors (Lipinski definition) is 2. The van der Waals surface area contributed by atoms with E-state index in [2.05, 4.69) is 45.6 Å². The summed E-state index contributed by atoms with van der Waals surface area (Å²) in [5, 5.41) is 6.19. The molecular weight excluding hydrogens is 304 g/mol. The Morgan fingerprint density at radius 1 is 1.32 bits per heavy atom. The van der Waals surface area contributed by atoms with E-state index in [1.165, 1.54) is 5.56 Å². The van der Waals surface area contributed by atoms with Crippen molar-refractivity contribution in [1.82, 2.24) is 10.6 Å². The van der Waals surface area contributed by atoms with E-state index < -0.39 is 5.41 Å². The van der Waals surface area contributed by atoms with E-state index in [-0.39, 0.29) is 11.9 Å². The SMILES string of the molecule is CCC(NCC(C)(C)C(=O)NC)c1ccc(Br)cc1. The van der Waals surface area contributed by atoms with Crippen LogP contribution in [0.1, 0.15) is 38.8 Å². The Morgan fingerprint density at radius 3 is 2.37 bits per heavy atom. The van der Waals surface area contributed by atoms with Crippen molar-refractivity contribution in [2.24, 2.45) is 5.41 Å². The van der Waals surface area contributed by atoms with Gasteiger partial charge >= 0.3 is 0 Å². The number of benzene rings is 1. The summed E-state index contributed by atoms with van der Waals surface area (Å²) in [6.45, 7) is 6.70. The third-order valence-corrected chi connectivity index (χ3v) is 3.84. The molecule has 1 amide bonds. The summed E-state index contributed by atoms with van der Waals surface area (Å²) in [5.74, 6) is 0.0608. The van der Waals surface area contributed by atoms with Crippen molar-refractivity contribution < 1.29 is 4.79 Å². The third-order valence-electron chi connectivity index (χ3n) is 3.31. The van der Waals surface area contributed by atoms with Gasteiger partial charge in [-0.2, -0.15) is 0 Å². The highest BCUT2D eigenvalue weighted by Gasteiger charge is 2.27. The zero-order chi connectivity index (χ0) is 14.5. The molecule has 0 aliphatic carbocycles. The molecule has 0 bridgehead atoms. The average molecular weight is 327 g/mol. The third kappa shape index (κ3) is 4.62. The smallest absolute Gasteiger partial charge is 0.226 e. The van der Waals surface area contributed by atoms with Gasteiger partial charge in [-0.05, 0) is 38.0 Å². The van der Waals surface area contributed by atoms with Gasteiger partial charge in [0.05, 0.1) is 5.41 Å². The summed E-state index contributed by atoms with van der Waals surface area (Å²) in [4.78, 5) is 11.8. The van der Waals surface area contributed by atoms with Crippen LogP contribution in [0, 0.1) is 5.41 Å². The number of halogens is 1. The Bertz CT molecular complexity index is 415. The molecule has 3 nitrogen and oxygen atoms in total. The van der Waals surface area contributed by atoms with Gasteiger partial charge in [0.1, 0.15) is 0 Å². The van der Waals surface area contributed by atoms with Crippen LogP contribution in [-0.4, -0.2) is 19.5 Å². The minimum atomic E-state index is -0.405. The molecule has 1 aromatic carbocycles. The van der Waals surface area contributed by atoms with Crippen LogP contribution in [0.4, 0.5) is 0 Å². The summed E-state index contributed by atoms with van der Waals surface area (Å²) in [7, 11) is 1.68. The minimum absolute atomic E-state index is 0.0608. The van der Waals surface area contributed by atoms with Crippen molar-refractivity contribution >= 4 is 21.8 Å². The van der Waals surface area contributed by atoms with Crippen LogP contribution in [-0.2, 0) is 4.79 Å². The molecule has 1 rings (SSSR count). The maximum absolute atomic E-state index is 11.8. The molecule has 106 valence electrons. The van der Waals surface area contributed by atoms with E-state index in [0.29, 0.717) is 6.54 Å². The normalized spacial score (nSPS) is 13.1. The topological polar surface area (TPSA) is 41.1 Å². The minimum Gasteiger partial charge on any atom is -0.359 e. The fourth-order valence-electron chi connectivity index (χ4n) is 1.99. The van der Waals surface area contributed by atoms with E-state index in [0.717, 1.165) is 10.9 Å². The molecule has 1 aromatic rings. The van der Waals surface area contributed by atoms with Gasteiger partial charge in [0.25, 0.3) is 0 Å². The molecule has 0 radical (unpaired) electrons. The van der Waals surface area contributed by atoms with Crippen LogP contribution in [0.5, 0.6) is 0 Å². The Labute approximate surface area is 124 Å². The highest BCUT2D eigenvalue weighted by Crippen LogP contribution is 2.21. The first-order valence-corrected chi connectivity index (χ1v) is 7.41. The quantitative estimate of drug-likeness (QED) is 0.842. The van der Waals surface area contributed by atoms with E-state index in [1.807, 2.05) is 26.0 Å². The van der Waals surface area contributed by atoms with E-state index >= 15 is 0 Å². The molecular formula is C15H23BrN2O. The summed E-state index contributed by atoms with van der Waals surface area (Å²) >= 11 is 3.44. The summed E-state index contributed by atoms with van der Waals surface area (Å²) in [6, 6.07) is 8.58. The standard InChI is InChI=1S/C15H23BrN2O/c1-5-13(11-6-8-12(16)9-7-11)18-10-15(2,3)14(19)17-4/h6-9,13,18H,5,10H2,1-4H3,(H,17,19). The number of carbonyl (C=O) groups is 1. The summed E-state index contributed by atoms with van der Waals surface area (Å²) in [6.07, 6.45) is 0.992. The molecule has 2 N–H and O–H groups in total. The highest BCUT2D eigenvalue weighted by atomic mass is 79.9. The molecule has 0 heterocycles. The second-order valence-corrected chi connectivity index (χ2v) is 6.27. The van der Waals surface area contributed by atoms with Gasteiger partial charge in [0.2, 0.25) is 5.91 Å². The van der Waals surface area contributed by atoms with Crippen molar-refractivity contribution in [3.8, 4) is 0 Å². The number of carbonyl (C=O) groups excluding carboxylic acids is 1. The summed E-state index contributed by atoms with van der Waals surface area (Å²) in [5.41, 5.74) is 0.843. The molecule has 1 unspecified atom stereocenters. The maximum Gasteiger partial charge on any atom is 0.226 e. The molecule has 0 fully saturated rings. The first-order valence-electron chi connectivity index (χ1n) is 6.61. The second-order valence-electron chi connectivity index (χ2n) is 5.36. The van der Waals surface area contributed by atoms with Gasteiger partial charge in [0.15, 0.2) is 0 Å². The molecule has 4 heteroatoms. The van der Waals surface area contributed by atoms with E-state index in [1.54, 1.807) is 7.05 Å². The Morgan fingerprint density at radius 2 is 1.89 bits per heavy atom. The van der Waals surface area contributed by atoms with Crippen LogP contribution >= 0.6 is 15.9 Å². The Balaban J connectivity index is 2.68. The van der Waals surface area contributed by atoms with Crippen LogP contribution in [0.25, 0.3) is 0 Å². The van der Waals surface area contributed by atoms with Gasteiger partial charge < -0.3 is 10.6 Å². The van der Waals surface area contributed by atoms with Gasteiger partial charge in [-0.3, -0.25) is 4.79 Å². The average Bonchev–Trinajstić information content (AvgIpc) is 2.40. The lowest BCUT2D eigenvalue weighted by Crippen LogP contribution is -2.42. The number of amides is 1. The molecule has 1 atom stereocenters. The van der Waals surface area contributed by atoms with Crippen molar-refractivity contribution in [1.29, 1.82) is 0 Å². The molecule has 0 spiro atoms. The predicted octanol–water partition coefficient (Wildman–Crippen LogP) is 3.26. The van der Waals surface area contributed by atoms with Crippen molar-refractivity contribution in [3.63, 3.8) is 0 Å². The zero-order valence-electron chi connectivity index (χ0n) is 12.1. The predicted molar refractivity (Wildman–Crippen MR) is 83.0 cm³/mol. The van der Waals surface area contributed by atoms with Gasteiger partial charge in [-0.25, -0.2) is 0 Å². The fraction of sp³-hybridized carbons (Fsp3) is 0.533. The number of rotatable bonds is 6. The van der Waals surface area contributed by atoms with Crippen LogP contribution in [0.15, 0.2) is 28.7 Å². The number of hydrogen-bond acceptors (Lipinski definition) is 2. The van der Waals surface area contributed by atoms with Crippen LogP contribution < -0.4 is 10.6 Å². The lowest BCUT2D eigenvalue weighted by Gasteiger charge is -2.26. The van der Waals surface area contributed by atoms with Gasteiger partial charge in [-0.15, -0.1) is 0 Å². The largest absolute Gasteiger partial charge is 0.359 e. The van der Waals surface area contributed by atoms with Crippen LogP contribution in [0.2, 0.25) is 0 Å². The van der Waals surface area contributed by atoms with Crippen molar-refractivity contribution in [2.45, 2.75) is 33.2 Å². The van der Waals surface area contributed by atoms with Crippen molar-refractivity contribution in [3.05, 3.63) is 34.3 Å². The Kier molecular flexibility index (Phi) is 6.01. The second kappa shape index (κ2) is 7.06. The maximum atomic E-state index is 11.8. The molecule has 0 saturated heterocycles. The fourth-order valence-corrected chi connectivity index (χ4v) is 2.25. The molecule has 19 heavy (non-hydrogen) atoms. The molecule has 0 aliphatic rings. The molecule has 0 aromatic heterocycles. The first-order chi connectivity index (χ1) is 8.90. The van der Waals surface area contributed by atoms with E-state index in [4.69, 9.17) is 0 Å². The Hall–Kier alpha value is -0.870. The van der Waals surface area contributed by atoms with Crippen LogP contribution in [0.3, 0.4) is 0 Å². The monoisotopic (exact) mass is 326 g/mol. The van der Waals surface area contributed by atoms with Gasteiger partial charge in [0, 0.05) is 24.1 Å². The lowest BCUT2D eigenvalue weighted by molar-refractivity contribution is -0.128. The first kappa shape index (κ1) is 16.2. The van der Waals surface area contributed by atoms with Crippen molar-refractivity contribution in [2.75, 3.05) is 13.6 Å². The highest BCUT2D eigenvalue weighted by molar-refractivity contribution is 9.10. The summed E-state index contributed by atoms with van der Waals surface area (Å²) < 4.78 is 1.08. The zero-order valence-corrected chi connectivity index (χ0v) is 13.7. The number of nitrogens with one attached hydrogen (secondary N) is 2.